The van der Waals surface area contributed by atoms with Crippen LogP contribution in [0.3, 0.4) is 0 Å². The Kier molecular flexibility index (Phi) is 4.92. The van der Waals surface area contributed by atoms with Crippen molar-refractivity contribution >= 4 is 17.5 Å². The zero-order chi connectivity index (χ0) is 14.5. The van der Waals surface area contributed by atoms with Crippen molar-refractivity contribution in [1.82, 2.24) is 10.6 Å². The molecular formula is C14H21N3O2. The first-order chi connectivity index (χ1) is 8.87. The average molecular weight is 263 g/mol. The zero-order valence-corrected chi connectivity index (χ0v) is 11.6. The molecule has 2 amide bonds. The molecule has 1 rings (SSSR count). The number of likely N-dealkylation sites (N-methyl/N-ethyl adjacent to an activating group) is 1. The van der Waals surface area contributed by atoms with E-state index in [0.717, 1.165) is 5.56 Å². The van der Waals surface area contributed by atoms with Crippen molar-refractivity contribution in [2.45, 2.75) is 26.2 Å². The third-order valence-corrected chi connectivity index (χ3v) is 2.98. The summed E-state index contributed by atoms with van der Waals surface area (Å²) in [4.78, 5) is 23.4. The van der Waals surface area contributed by atoms with Crippen LogP contribution >= 0.6 is 0 Å². The van der Waals surface area contributed by atoms with Gasteiger partial charge in [-0.15, -0.1) is 0 Å². The number of amides is 2. The molecule has 0 unspecified atom stereocenters. The molecule has 0 aliphatic rings. The van der Waals surface area contributed by atoms with Crippen molar-refractivity contribution in [2.75, 3.05) is 18.8 Å². The van der Waals surface area contributed by atoms with E-state index < -0.39 is 5.41 Å². The maximum atomic E-state index is 12.1. The third kappa shape index (κ3) is 3.98. The molecule has 4 N–H and O–H groups in total. The number of benzene rings is 1. The van der Waals surface area contributed by atoms with E-state index in [4.69, 9.17) is 5.73 Å². The Morgan fingerprint density at radius 3 is 2.26 bits per heavy atom. The Balaban J connectivity index is 2.68. The van der Waals surface area contributed by atoms with Crippen LogP contribution in [0, 0.1) is 0 Å². The Labute approximate surface area is 113 Å². The van der Waals surface area contributed by atoms with Gasteiger partial charge in [-0.3, -0.25) is 9.59 Å². The van der Waals surface area contributed by atoms with Crippen LogP contribution in [0.2, 0.25) is 0 Å². The molecule has 0 bridgehead atoms. The molecule has 0 radical (unpaired) electrons. The normalized spacial score (nSPS) is 10.9. The predicted octanol–water partition coefficient (Wildman–Crippen LogP) is 0.799. The summed E-state index contributed by atoms with van der Waals surface area (Å²) in [6, 6.07) is 7.16. The highest BCUT2D eigenvalue weighted by atomic mass is 16.2. The lowest BCUT2D eigenvalue weighted by Gasteiger charge is -2.24. The summed E-state index contributed by atoms with van der Waals surface area (Å²) in [6.07, 6.45) is 0. The van der Waals surface area contributed by atoms with Gasteiger partial charge in [0.25, 0.3) is 0 Å². The second-order valence-electron chi connectivity index (χ2n) is 4.88. The van der Waals surface area contributed by atoms with E-state index in [1.165, 1.54) is 0 Å². The van der Waals surface area contributed by atoms with Crippen molar-refractivity contribution in [1.29, 1.82) is 0 Å². The van der Waals surface area contributed by atoms with Gasteiger partial charge >= 0.3 is 0 Å². The van der Waals surface area contributed by atoms with Crippen LogP contribution in [0.15, 0.2) is 24.3 Å². The fourth-order valence-corrected chi connectivity index (χ4v) is 1.67. The number of carbonyl (C=O) groups is 2. The molecule has 104 valence electrons. The molecule has 19 heavy (non-hydrogen) atoms. The molecule has 1 aromatic rings. The summed E-state index contributed by atoms with van der Waals surface area (Å²) in [6.45, 7) is 6.00. The van der Waals surface area contributed by atoms with Crippen LogP contribution < -0.4 is 16.4 Å². The van der Waals surface area contributed by atoms with Gasteiger partial charge < -0.3 is 16.4 Å². The lowest BCUT2D eigenvalue weighted by molar-refractivity contribution is -0.129. The fraction of sp³-hybridized carbons (Fsp3) is 0.429. The molecule has 0 aliphatic carbocycles. The number of hydrogen-bond acceptors (Lipinski definition) is 3. The van der Waals surface area contributed by atoms with E-state index >= 15 is 0 Å². The Bertz CT molecular complexity index is 452. The van der Waals surface area contributed by atoms with Crippen LogP contribution in [0.1, 0.15) is 26.3 Å². The van der Waals surface area contributed by atoms with E-state index in [-0.39, 0.29) is 18.4 Å². The maximum Gasteiger partial charge on any atom is 0.239 e. The highest BCUT2D eigenvalue weighted by Crippen LogP contribution is 2.24. The highest BCUT2D eigenvalue weighted by Gasteiger charge is 2.29. The zero-order valence-electron chi connectivity index (χ0n) is 11.6. The molecule has 1 aromatic carbocycles. The quantitative estimate of drug-likeness (QED) is 0.687. The van der Waals surface area contributed by atoms with Gasteiger partial charge in [0.1, 0.15) is 0 Å². The number of rotatable bonds is 5. The fourth-order valence-electron chi connectivity index (χ4n) is 1.67. The maximum absolute atomic E-state index is 12.1. The standard InChI is InChI=1S/C14H21N3O2/c1-4-16-12(18)9-17-13(19)14(2,3)10-5-7-11(15)8-6-10/h5-8H,4,9,15H2,1-3H3,(H,16,18)(H,17,19). The first-order valence-electron chi connectivity index (χ1n) is 6.29. The van der Waals surface area contributed by atoms with Gasteiger partial charge in [0, 0.05) is 12.2 Å². The Morgan fingerprint density at radius 1 is 1.16 bits per heavy atom. The summed E-state index contributed by atoms with van der Waals surface area (Å²) in [5, 5.41) is 5.27. The summed E-state index contributed by atoms with van der Waals surface area (Å²) >= 11 is 0. The molecule has 0 saturated heterocycles. The summed E-state index contributed by atoms with van der Waals surface area (Å²) in [7, 11) is 0. The van der Waals surface area contributed by atoms with Crippen molar-refractivity contribution in [3.8, 4) is 0 Å². The van der Waals surface area contributed by atoms with E-state index in [9.17, 15) is 9.59 Å². The molecule has 5 nitrogen and oxygen atoms in total. The van der Waals surface area contributed by atoms with Crippen molar-refractivity contribution in [2.24, 2.45) is 0 Å². The number of nitrogen functional groups attached to an aromatic ring is 1. The summed E-state index contributed by atoms with van der Waals surface area (Å²) < 4.78 is 0. The van der Waals surface area contributed by atoms with Crippen LogP contribution in [0.5, 0.6) is 0 Å². The van der Waals surface area contributed by atoms with Gasteiger partial charge in [-0.2, -0.15) is 0 Å². The number of nitrogens with two attached hydrogens (primary N) is 1. The van der Waals surface area contributed by atoms with Crippen molar-refractivity contribution in [3.05, 3.63) is 29.8 Å². The minimum atomic E-state index is -0.708. The van der Waals surface area contributed by atoms with Crippen LogP contribution in [0.25, 0.3) is 0 Å². The van der Waals surface area contributed by atoms with Crippen molar-refractivity contribution in [3.63, 3.8) is 0 Å². The second-order valence-corrected chi connectivity index (χ2v) is 4.88. The number of anilines is 1. The first-order valence-corrected chi connectivity index (χ1v) is 6.29. The SMILES string of the molecule is CCNC(=O)CNC(=O)C(C)(C)c1ccc(N)cc1. The largest absolute Gasteiger partial charge is 0.399 e. The van der Waals surface area contributed by atoms with Gasteiger partial charge in [0.15, 0.2) is 0 Å². The smallest absolute Gasteiger partial charge is 0.239 e. The molecule has 0 spiro atoms. The highest BCUT2D eigenvalue weighted by molar-refractivity contribution is 5.90. The number of carbonyl (C=O) groups excluding carboxylic acids is 2. The van der Waals surface area contributed by atoms with Gasteiger partial charge in [0.05, 0.1) is 12.0 Å². The molecule has 0 heterocycles. The monoisotopic (exact) mass is 263 g/mol. The molecule has 5 heteroatoms. The minimum absolute atomic E-state index is 0.00885. The van der Waals surface area contributed by atoms with Gasteiger partial charge in [0.2, 0.25) is 11.8 Å². The molecule has 0 atom stereocenters. The van der Waals surface area contributed by atoms with E-state index in [1.54, 1.807) is 12.1 Å². The van der Waals surface area contributed by atoms with Crippen molar-refractivity contribution < 1.29 is 9.59 Å². The molecular weight excluding hydrogens is 242 g/mol. The molecule has 0 aromatic heterocycles. The lowest BCUT2D eigenvalue weighted by Crippen LogP contribution is -2.44. The molecule has 0 aliphatic heterocycles. The Hall–Kier alpha value is -2.04. The van der Waals surface area contributed by atoms with E-state index in [1.807, 2.05) is 32.9 Å². The average Bonchev–Trinajstić information content (AvgIpc) is 2.36. The van der Waals surface area contributed by atoms with Gasteiger partial charge in [-0.25, -0.2) is 0 Å². The Morgan fingerprint density at radius 2 is 1.74 bits per heavy atom. The van der Waals surface area contributed by atoms with E-state index in [0.29, 0.717) is 12.2 Å². The van der Waals surface area contributed by atoms with E-state index in [2.05, 4.69) is 10.6 Å². The lowest BCUT2D eigenvalue weighted by atomic mass is 9.83. The van der Waals surface area contributed by atoms with Gasteiger partial charge in [-0.05, 0) is 38.5 Å². The number of nitrogens with one attached hydrogen (secondary N) is 2. The summed E-state index contributed by atoms with van der Waals surface area (Å²) in [5.41, 5.74) is 6.43. The number of hydrogen-bond donors (Lipinski definition) is 3. The van der Waals surface area contributed by atoms with Crippen LogP contribution in [-0.4, -0.2) is 24.9 Å². The molecule has 0 saturated carbocycles. The predicted molar refractivity (Wildman–Crippen MR) is 75.6 cm³/mol. The van der Waals surface area contributed by atoms with Crippen LogP contribution in [0.4, 0.5) is 5.69 Å². The third-order valence-electron chi connectivity index (χ3n) is 2.98. The first kappa shape index (κ1) is 15.0. The minimum Gasteiger partial charge on any atom is -0.399 e. The second kappa shape index (κ2) is 6.22. The topological polar surface area (TPSA) is 84.2 Å². The molecule has 0 fully saturated rings. The van der Waals surface area contributed by atoms with Crippen LogP contribution in [-0.2, 0) is 15.0 Å². The van der Waals surface area contributed by atoms with Gasteiger partial charge in [-0.1, -0.05) is 12.1 Å². The summed E-state index contributed by atoms with van der Waals surface area (Å²) in [5.74, 6) is -0.382.